The van der Waals surface area contributed by atoms with Crippen molar-refractivity contribution in [1.82, 2.24) is 28.7 Å². The molecule has 4 heterocycles. The fourth-order valence-electron chi connectivity index (χ4n) is 12.5. The number of benzene rings is 12. The molecule has 0 aliphatic heterocycles. The summed E-state index contributed by atoms with van der Waals surface area (Å²) in [6, 6.07) is 104. The second kappa shape index (κ2) is 18.9. The lowest BCUT2D eigenvalue weighted by atomic mass is 9.95. The molecule has 0 N–H and O–H groups in total. The van der Waals surface area contributed by atoms with Gasteiger partial charge in [0.05, 0.1) is 38.8 Å². The van der Waals surface area contributed by atoms with Gasteiger partial charge in [0.15, 0.2) is 11.6 Å². The van der Waals surface area contributed by atoms with Gasteiger partial charge in [-0.3, -0.25) is 4.57 Å². The average Bonchev–Trinajstić information content (AvgIpc) is 4.36. The molecule has 0 bridgehead atoms. The second-order valence-corrected chi connectivity index (χ2v) is 20.7. The van der Waals surface area contributed by atoms with Crippen LogP contribution in [0, 0.1) is 0 Å². The predicted octanol–water partition coefficient (Wildman–Crippen LogP) is 19.2. The maximum absolute atomic E-state index is 5.62. The molecule has 0 saturated carbocycles. The standard InChI is InChI=1S/C75H48N6/c1-5-21-49(22-6-1)52-39-41-53(42-40-52)73-76-74(78-75(77-73)81-64-34-16-13-29-57(64)58-30-14-17-35-65(58)81)63-46-44-55(51-25-9-3-10-26-51)48-70(63)80-68-38-20-33-60(72(68)62-45-43-54(47-69(62)80)50-23-7-2-8-24-50)59-32-19-37-67-71(59)61-31-15-18-36-66(61)79(67)56-27-11-4-12-28-56/h1-48H. The van der Waals surface area contributed by atoms with E-state index in [1.54, 1.807) is 0 Å². The second-order valence-electron chi connectivity index (χ2n) is 20.7. The van der Waals surface area contributed by atoms with Crippen molar-refractivity contribution >= 4 is 65.4 Å². The van der Waals surface area contributed by atoms with E-state index in [0.29, 0.717) is 17.6 Å². The average molecular weight is 1030 g/mol. The summed E-state index contributed by atoms with van der Waals surface area (Å²) in [6.07, 6.45) is 0. The van der Waals surface area contributed by atoms with Crippen LogP contribution in [0.4, 0.5) is 0 Å². The first-order valence-corrected chi connectivity index (χ1v) is 27.5. The van der Waals surface area contributed by atoms with Crippen LogP contribution in [-0.4, -0.2) is 28.7 Å². The molecule has 0 spiro atoms. The summed E-state index contributed by atoms with van der Waals surface area (Å²) in [5.41, 5.74) is 19.4. The van der Waals surface area contributed by atoms with Crippen LogP contribution in [0.25, 0.3) is 150 Å². The molecule has 0 unspecified atom stereocenters. The van der Waals surface area contributed by atoms with E-state index in [-0.39, 0.29) is 0 Å². The summed E-state index contributed by atoms with van der Waals surface area (Å²) in [6.45, 7) is 0. The molecule has 16 aromatic rings. The van der Waals surface area contributed by atoms with Crippen molar-refractivity contribution in [3.05, 3.63) is 291 Å². The topological polar surface area (TPSA) is 53.5 Å². The molecule has 12 aromatic carbocycles. The van der Waals surface area contributed by atoms with E-state index in [4.69, 9.17) is 15.0 Å². The highest BCUT2D eigenvalue weighted by Crippen LogP contribution is 2.46. The fourth-order valence-corrected chi connectivity index (χ4v) is 12.5. The molecular weight excluding hydrogens is 985 g/mol. The number of aromatic nitrogens is 6. The minimum Gasteiger partial charge on any atom is -0.309 e. The summed E-state index contributed by atoms with van der Waals surface area (Å²) in [5, 5.41) is 6.98. The van der Waals surface area contributed by atoms with Crippen molar-refractivity contribution in [3.63, 3.8) is 0 Å². The summed E-state index contributed by atoms with van der Waals surface area (Å²) in [4.78, 5) is 16.6. The van der Waals surface area contributed by atoms with Crippen LogP contribution in [-0.2, 0) is 0 Å². The smallest absolute Gasteiger partial charge is 0.238 e. The molecular formula is C75H48N6. The molecule has 0 aliphatic rings. The van der Waals surface area contributed by atoms with Gasteiger partial charge in [-0.2, -0.15) is 9.97 Å². The highest BCUT2D eigenvalue weighted by atomic mass is 15.2. The van der Waals surface area contributed by atoms with Gasteiger partial charge in [-0.1, -0.05) is 231 Å². The maximum atomic E-state index is 5.62. The van der Waals surface area contributed by atoms with Gasteiger partial charge in [0.2, 0.25) is 5.95 Å². The van der Waals surface area contributed by atoms with Crippen LogP contribution < -0.4 is 0 Å². The quantitative estimate of drug-likeness (QED) is 0.145. The zero-order valence-corrected chi connectivity index (χ0v) is 43.9. The Bertz CT molecular complexity index is 5020. The highest BCUT2D eigenvalue weighted by Gasteiger charge is 2.25. The van der Waals surface area contributed by atoms with Gasteiger partial charge in [-0.25, -0.2) is 4.98 Å². The van der Waals surface area contributed by atoms with Crippen molar-refractivity contribution < 1.29 is 0 Å². The zero-order chi connectivity index (χ0) is 53.4. The Morgan fingerprint density at radius 2 is 0.642 bits per heavy atom. The Labute approximate surface area is 467 Å². The van der Waals surface area contributed by atoms with Crippen LogP contribution in [0.15, 0.2) is 291 Å². The largest absolute Gasteiger partial charge is 0.309 e. The summed E-state index contributed by atoms with van der Waals surface area (Å²) in [5.74, 6) is 1.67. The third-order valence-electron chi connectivity index (χ3n) is 16.1. The van der Waals surface area contributed by atoms with Gasteiger partial charge < -0.3 is 9.13 Å². The molecule has 4 aromatic heterocycles. The lowest BCUT2D eigenvalue weighted by Crippen LogP contribution is -2.08. The van der Waals surface area contributed by atoms with Gasteiger partial charge in [-0.15, -0.1) is 0 Å². The first-order chi connectivity index (χ1) is 40.2. The number of hydrogen-bond donors (Lipinski definition) is 0. The Balaban J connectivity index is 1.000. The van der Waals surface area contributed by atoms with Gasteiger partial charge >= 0.3 is 0 Å². The molecule has 0 fully saturated rings. The lowest BCUT2D eigenvalue weighted by molar-refractivity contribution is 0.952. The van der Waals surface area contributed by atoms with Crippen molar-refractivity contribution in [3.8, 4) is 84.6 Å². The molecule has 0 radical (unpaired) electrons. The van der Waals surface area contributed by atoms with E-state index in [2.05, 4.69) is 305 Å². The highest BCUT2D eigenvalue weighted by molar-refractivity contribution is 6.22. The summed E-state index contributed by atoms with van der Waals surface area (Å²) in [7, 11) is 0. The first kappa shape index (κ1) is 46.2. The normalized spacial score (nSPS) is 11.7. The molecule has 6 heteroatoms. The monoisotopic (exact) mass is 1030 g/mol. The van der Waals surface area contributed by atoms with Crippen molar-refractivity contribution in [1.29, 1.82) is 0 Å². The van der Waals surface area contributed by atoms with Crippen LogP contribution in [0.1, 0.15) is 0 Å². The minimum absolute atomic E-state index is 0.538. The zero-order valence-electron chi connectivity index (χ0n) is 43.9. The van der Waals surface area contributed by atoms with Gasteiger partial charge in [-0.05, 0) is 105 Å². The van der Waals surface area contributed by atoms with Crippen molar-refractivity contribution in [2.45, 2.75) is 0 Å². The van der Waals surface area contributed by atoms with Gasteiger partial charge in [0.1, 0.15) is 0 Å². The summed E-state index contributed by atoms with van der Waals surface area (Å²) < 4.78 is 7.07. The molecule has 16 rings (SSSR count). The molecule has 0 atom stereocenters. The first-order valence-electron chi connectivity index (χ1n) is 27.5. The number of hydrogen-bond acceptors (Lipinski definition) is 3. The molecule has 0 saturated heterocycles. The Morgan fingerprint density at radius 3 is 1.25 bits per heavy atom. The molecule has 0 aliphatic carbocycles. The number of rotatable bonds is 9. The Kier molecular flexibility index (Phi) is 10.8. The molecule has 81 heavy (non-hydrogen) atoms. The molecule has 0 amide bonds. The van der Waals surface area contributed by atoms with E-state index in [0.717, 1.165) is 111 Å². The van der Waals surface area contributed by atoms with Crippen LogP contribution in [0.2, 0.25) is 0 Å². The third kappa shape index (κ3) is 7.60. The third-order valence-corrected chi connectivity index (χ3v) is 16.1. The van der Waals surface area contributed by atoms with E-state index in [1.807, 2.05) is 0 Å². The number of nitrogens with zero attached hydrogens (tertiary/aromatic N) is 6. The van der Waals surface area contributed by atoms with Gasteiger partial charge in [0.25, 0.3) is 0 Å². The minimum atomic E-state index is 0.538. The van der Waals surface area contributed by atoms with Crippen LogP contribution in [0.5, 0.6) is 0 Å². The number of fused-ring (bicyclic) bond motifs is 9. The van der Waals surface area contributed by atoms with Crippen LogP contribution >= 0.6 is 0 Å². The predicted molar refractivity (Wildman–Crippen MR) is 335 cm³/mol. The van der Waals surface area contributed by atoms with Crippen molar-refractivity contribution in [2.75, 3.05) is 0 Å². The van der Waals surface area contributed by atoms with Crippen LogP contribution in [0.3, 0.4) is 0 Å². The van der Waals surface area contributed by atoms with E-state index in [9.17, 15) is 0 Å². The Morgan fingerprint density at radius 1 is 0.222 bits per heavy atom. The lowest BCUT2D eigenvalue weighted by Gasteiger charge is -2.17. The number of para-hydroxylation sites is 4. The van der Waals surface area contributed by atoms with E-state index < -0.39 is 0 Å². The SMILES string of the molecule is c1ccc(-c2ccc(-c3nc(-c4ccc(-c5ccccc5)cc4-n4c5cc(-c6ccccc6)ccc5c5c(-c6cccc7c6c6ccccc6n7-c6ccccc6)cccc54)nc(-n4c5ccccc5c5ccccc54)n3)cc2)cc1. The molecule has 378 valence electrons. The summed E-state index contributed by atoms with van der Waals surface area (Å²) >= 11 is 0. The van der Waals surface area contributed by atoms with Crippen molar-refractivity contribution in [2.24, 2.45) is 0 Å². The van der Waals surface area contributed by atoms with E-state index in [1.165, 1.54) is 21.9 Å². The molecule has 6 nitrogen and oxygen atoms in total. The Hall–Kier alpha value is -11.0. The van der Waals surface area contributed by atoms with E-state index >= 15 is 0 Å². The maximum Gasteiger partial charge on any atom is 0.238 e. The fraction of sp³-hybridized carbons (Fsp3) is 0. The van der Waals surface area contributed by atoms with Gasteiger partial charge in [0, 0.05) is 49.1 Å².